The first-order valence-electron chi connectivity index (χ1n) is 7.36. The lowest BCUT2D eigenvalue weighted by Crippen LogP contribution is -2.35. The molecule has 0 aliphatic heterocycles. The standard InChI is InChI=1S/C18H20N2O3/c1-13-8-9-16(14(2)10-13)20-17(21)11-19-18(22)12-23-15-6-4-3-5-7-15/h3-10H,11-12H2,1-2H3,(H,19,22)(H,20,21). The molecule has 0 unspecified atom stereocenters. The Morgan fingerprint density at radius 1 is 1.00 bits per heavy atom. The molecule has 0 bridgehead atoms. The van der Waals surface area contributed by atoms with Crippen molar-refractivity contribution in [1.29, 1.82) is 0 Å². The van der Waals surface area contributed by atoms with E-state index < -0.39 is 0 Å². The average molecular weight is 312 g/mol. The van der Waals surface area contributed by atoms with Gasteiger partial charge in [-0.3, -0.25) is 9.59 Å². The van der Waals surface area contributed by atoms with Crippen molar-refractivity contribution in [2.24, 2.45) is 0 Å². The average Bonchev–Trinajstić information content (AvgIpc) is 2.54. The first-order valence-corrected chi connectivity index (χ1v) is 7.36. The summed E-state index contributed by atoms with van der Waals surface area (Å²) in [7, 11) is 0. The van der Waals surface area contributed by atoms with Crippen LogP contribution in [0.15, 0.2) is 48.5 Å². The number of nitrogens with one attached hydrogen (secondary N) is 2. The topological polar surface area (TPSA) is 67.4 Å². The molecule has 0 saturated heterocycles. The fourth-order valence-electron chi connectivity index (χ4n) is 2.04. The van der Waals surface area contributed by atoms with Crippen LogP contribution in [-0.4, -0.2) is 25.0 Å². The summed E-state index contributed by atoms with van der Waals surface area (Å²) in [6, 6.07) is 14.8. The molecule has 120 valence electrons. The van der Waals surface area contributed by atoms with Crippen LogP contribution in [0.25, 0.3) is 0 Å². The lowest BCUT2D eigenvalue weighted by molar-refractivity contribution is -0.125. The maximum Gasteiger partial charge on any atom is 0.258 e. The predicted molar refractivity (Wildman–Crippen MR) is 89.5 cm³/mol. The van der Waals surface area contributed by atoms with Crippen molar-refractivity contribution < 1.29 is 14.3 Å². The summed E-state index contributed by atoms with van der Waals surface area (Å²) in [6.45, 7) is 3.70. The molecule has 0 aromatic heterocycles. The van der Waals surface area contributed by atoms with Crippen LogP contribution in [0.2, 0.25) is 0 Å². The Kier molecular flexibility index (Phi) is 5.74. The van der Waals surface area contributed by atoms with Gasteiger partial charge in [0.2, 0.25) is 5.91 Å². The van der Waals surface area contributed by atoms with Gasteiger partial charge in [-0.2, -0.15) is 0 Å². The molecular formula is C18H20N2O3. The number of para-hydroxylation sites is 1. The number of carbonyl (C=O) groups is 2. The normalized spacial score (nSPS) is 10.0. The molecule has 0 aliphatic rings. The van der Waals surface area contributed by atoms with Gasteiger partial charge in [0.25, 0.3) is 5.91 Å². The Hall–Kier alpha value is -2.82. The minimum Gasteiger partial charge on any atom is -0.484 e. The van der Waals surface area contributed by atoms with E-state index in [2.05, 4.69) is 10.6 Å². The van der Waals surface area contributed by atoms with E-state index in [4.69, 9.17) is 4.74 Å². The fraction of sp³-hybridized carbons (Fsp3) is 0.222. The minimum atomic E-state index is -0.343. The van der Waals surface area contributed by atoms with Crippen LogP contribution in [0.3, 0.4) is 0 Å². The first kappa shape index (κ1) is 16.5. The third kappa shape index (κ3) is 5.47. The monoisotopic (exact) mass is 312 g/mol. The quantitative estimate of drug-likeness (QED) is 0.861. The summed E-state index contributed by atoms with van der Waals surface area (Å²) >= 11 is 0. The molecule has 0 fully saturated rings. The molecule has 2 aromatic rings. The van der Waals surface area contributed by atoms with Gasteiger partial charge >= 0.3 is 0 Å². The maximum absolute atomic E-state index is 11.9. The van der Waals surface area contributed by atoms with Gasteiger partial charge in [-0.15, -0.1) is 0 Å². The van der Waals surface area contributed by atoms with E-state index >= 15 is 0 Å². The summed E-state index contributed by atoms with van der Waals surface area (Å²) < 4.78 is 5.31. The SMILES string of the molecule is Cc1ccc(NC(=O)CNC(=O)COc2ccccc2)c(C)c1. The van der Waals surface area contributed by atoms with Crippen LogP contribution in [0.5, 0.6) is 5.75 Å². The van der Waals surface area contributed by atoms with Crippen molar-refractivity contribution >= 4 is 17.5 Å². The Labute approximate surface area is 135 Å². The number of hydrogen-bond acceptors (Lipinski definition) is 3. The first-order chi connectivity index (χ1) is 11.0. The maximum atomic E-state index is 11.9. The number of ether oxygens (including phenoxy) is 1. The van der Waals surface area contributed by atoms with Crippen molar-refractivity contribution in [2.45, 2.75) is 13.8 Å². The Morgan fingerprint density at radius 3 is 2.43 bits per heavy atom. The van der Waals surface area contributed by atoms with Crippen LogP contribution in [-0.2, 0) is 9.59 Å². The number of aryl methyl sites for hydroxylation is 2. The molecule has 0 heterocycles. The van der Waals surface area contributed by atoms with E-state index in [0.717, 1.165) is 16.8 Å². The molecule has 2 aromatic carbocycles. The summed E-state index contributed by atoms with van der Waals surface area (Å²) in [4.78, 5) is 23.5. The molecule has 5 heteroatoms. The van der Waals surface area contributed by atoms with Gasteiger partial charge in [0.1, 0.15) is 5.75 Å². The molecule has 0 aliphatic carbocycles. The largest absolute Gasteiger partial charge is 0.484 e. The molecule has 2 N–H and O–H groups in total. The lowest BCUT2D eigenvalue weighted by atomic mass is 10.1. The molecule has 0 spiro atoms. The second kappa shape index (κ2) is 7.98. The van der Waals surface area contributed by atoms with Crippen LogP contribution < -0.4 is 15.4 Å². The highest BCUT2D eigenvalue weighted by atomic mass is 16.5. The third-order valence-electron chi connectivity index (χ3n) is 3.22. The number of rotatable bonds is 6. The summed E-state index contributed by atoms with van der Waals surface area (Å²) in [5.41, 5.74) is 2.86. The van der Waals surface area contributed by atoms with Gasteiger partial charge < -0.3 is 15.4 Å². The van der Waals surface area contributed by atoms with Gasteiger partial charge in [0.05, 0.1) is 6.54 Å². The van der Waals surface area contributed by atoms with Crippen LogP contribution in [0.1, 0.15) is 11.1 Å². The number of amides is 2. The van der Waals surface area contributed by atoms with E-state index in [1.807, 2.05) is 50.2 Å². The highest BCUT2D eigenvalue weighted by Crippen LogP contribution is 2.15. The Bertz CT molecular complexity index is 684. The van der Waals surface area contributed by atoms with Crippen LogP contribution in [0, 0.1) is 13.8 Å². The zero-order valence-electron chi connectivity index (χ0n) is 13.3. The van der Waals surface area contributed by atoms with Crippen molar-refractivity contribution in [3.8, 4) is 5.75 Å². The Balaban J connectivity index is 1.74. The smallest absolute Gasteiger partial charge is 0.258 e. The van der Waals surface area contributed by atoms with Crippen molar-refractivity contribution in [2.75, 3.05) is 18.5 Å². The number of hydrogen-bond donors (Lipinski definition) is 2. The van der Waals surface area contributed by atoms with E-state index in [1.54, 1.807) is 12.1 Å². The molecule has 2 rings (SSSR count). The molecular weight excluding hydrogens is 292 g/mol. The summed E-state index contributed by atoms with van der Waals surface area (Å²) in [5, 5.41) is 5.30. The fourth-order valence-corrected chi connectivity index (χ4v) is 2.04. The van der Waals surface area contributed by atoms with Gasteiger partial charge in [-0.25, -0.2) is 0 Å². The second-order valence-corrected chi connectivity index (χ2v) is 5.25. The molecule has 0 atom stereocenters. The highest BCUT2D eigenvalue weighted by Gasteiger charge is 2.08. The Morgan fingerprint density at radius 2 is 1.74 bits per heavy atom. The zero-order chi connectivity index (χ0) is 16.7. The summed E-state index contributed by atoms with van der Waals surface area (Å²) in [6.07, 6.45) is 0. The van der Waals surface area contributed by atoms with E-state index in [1.165, 1.54) is 0 Å². The highest BCUT2D eigenvalue weighted by molar-refractivity contribution is 5.95. The van der Waals surface area contributed by atoms with Crippen LogP contribution >= 0.6 is 0 Å². The molecule has 23 heavy (non-hydrogen) atoms. The number of benzene rings is 2. The van der Waals surface area contributed by atoms with E-state index in [-0.39, 0.29) is 25.0 Å². The second-order valence-electron chi connectivity index (χ2n) is 5.25. The zero-order valence-corrected chi connectivity index (χ0v) is 13.3. The van der Waals surface area contributed by atoms with Crippen molar-refractivity contribution in [3.63, 3.8) is 0 Å². The van der Waals surface area contributed by atoms with E-state index in [0.29, 0.717) is 5.75 Å². The molecule has 5 nitrogen and oxygen atoms in total. The van der Waals surface area contributed by atoms with E-state index in [9.17, 15) is 9.59 Å². The lowest BCUT2D eigenvalue weighted by Gasteiger charge is -2.10. The van der Waals surface area contributed by atoms with Crippen molar-refractivity contribution in [3.05, 3.63) is 59.7 Å². The summed E-state index contributed by atoms with van der Waals surface area (Å²) in [5.74, 6) is -0.00275. The molecule has 2 amide bonds. The molecule has 0 saturated carbocycles. The van der Waals surface area contributed by atoms with Gasteiger partial charge in [-0.1, -0.05) is 35.9 Å². The van der Waals surface area contributed by atoms with Crippen molar-refractivity contribution in [1.82, 2.24) is 5.32 Å². The van der Waals surface area contributed by atoms with Crippen LogP contribution in [0.4, 0.5) is 5.69 Å². The third-order valence-corrected chi connectivity index (χ3v) is 3.22. The number of anilines is 1. The van der Waals surface area contributed by atoms with Gasteiger partial charge in [0, 0.05) is 5.69 Å². The van der Waals surface area contributed by atoms with Gasteiger partial charge in [0.15, 0.2) is 6.61 Å². The minimum absolute atomic E-state index is 0.0930. The van der Waals surface area contributed by atoms with Gasteiger partial charge in [-0.05, 0) is 37.6 Å². The molecule has 0 radical (unpaired) electrons. The predicted octanol–water partition coefficient (Wildman–Crippen LogP) is 2.44. The number of carbonyl (C=O) groups excluding carboxylic acids is 2.